The molecule has 6 heteroatoms. The van der Waals surface area contributed by atoms with Crippen LogP contribution in [0.1, 0.15) is 6.42 Å². The van der Waals surface area contributed by atoms with Gasteiger partial charge in [-0.2, -0.15) is 11.8 Å². The van der Waals surface area contributed by atoms with Crippen molar-refractivity contribution in [3.8, 4) is 0 Å². The molecule has 0 aromatic carbocycles. The van der Waals surface area contributed by atoms with Gasteiger partial charge in [-0.15, -0.1) is 0 Å². The van der Waals surface area contributed by atoms with E-state index in [0.717, 1.165) is 5.75 Å². The molecule has 5 nitrogen and oxygen atoms in total. The largest absolute Gasteiger partial charge is 0.365 e. The van der Waals surface area contributed by atoms with Crippen LogP contribution in [-0.2, 0) is 14.3 Å². The number of amides is 2. The van der Waals surface area contributed by atoms with Gasteiger partial charge < -0.3 is 14.5 Å². The summed E-state index contributed by atoms with van der Waals surface area (Å²) in [5, 5.41) is 0. The van der Waals surface area contributed by atoms with Crippen LogP contribution in [0.4, 0.5) is 0 Å². The number of rotatable bonds is 4. The van der Waals surface area contributed by atoms with Crippen LogP contribution in [0.2, 0.25) is 0 Å². The van der Waals surface area contributed by atoms with Crippen molar-refractivity contribution in [1.82, 2.24) is 9.80 Å². The zero-order valence-corrected chi connectivity index (χ0v) is 11.5. The molecule has 1 aliphatic rings. The van der Waals surface area contributed by atoms with Gasteiger partial charge in [0.15, 0.2) is 6.10 Å². The van der Waals surface area contributed by atoms with Gasteiger partial charge in [-0.05, 0) is 6.26 Å². The number of hydrogen-bond donors (Lipinski definition) is 0. The van der Waals surface area contributed by atoms with Gasteiger partial charge in [-0.1, -0.05) is 0 Å². The van der Waals surface area contributed by atoms with E-state index in [1.54, 1.807) is 30.8 Å². The third-order valence-electron chi connectivity index (χ3n) is 2.66. The van der Waals surface area contributed by atoms with Crippen molar-refractivity contribution in [2.24, 2.45) is 0 Å². The second kappa shape index (κ2) is 6.86. The smallest absolute Gasteiger partial charge is 0.253 e. The first kappa shape index (κ1) is 14.3. The SMILES string of the molecule is CSCCC(=O)N1CCOC(C(=O)N(C)C)C1. The number of ether oxygens (including phenoxy) is 1. The summed E-state index contributed by atoms with van der Waals surface area (Å²) in [7, 11) is 3.39. The summed E-state index contributed by atoms with van der Waals surface area (Å²) < 4.78 is 5.40. The predicted molar refractivity (Wildman–Crippen MR) is 68.0 cm³/mol. The average molecular weight is 260 g/mol. The van der Waals surface area contributed by atoms with Crippen LogP contribution in [0.5, 0.6) is 0 Å². The Morgan fingerprint density at radius 3 is 2.76 bits per heavy atom. The first-order valence-corrected chi connectivity index (χ1v) is 7.05. The van der Waals surface area contributed by atoms with Crippen molar-refractivity contribution in [3.05, 3.63) is 0 Å². The highest BCUT2D eigenvalue weighted by molar-refractivity contribution is 7.98. The molecule has 1 aliphatic heterocycles. The molecule has 0 bridgehead atoms. The molecule has 0 aromatic rings. The van der Waals surface area contributed by atoms with Crippen molar-refractivity contribution >= 4 is 23.6 Å². The van der Waals surface area contributed by atoms with E-state index in [-0.39, 0.29) is 11.8 Å². The van der Waals surface area contributed by atoms with Crippen LogP contribution < -0.4 is 0 Å². The molecule has 17 heavy (non-hydrogen) atoms. The highest BCUT2D eigenvalue weighted by Gasteiger charge is 2.29. The monoisotopic (exact) mass is 260 g/mol. The van der Waals surface area contributed by atoms with Crippen LogP contribution in [0.25, 0.3) is 0 Å². The lowest BCUT2D eigenvalue weighted by atomic mass is 10.2. The third kappa shape index (κ3) is 4.20. The molecule has 0 aliphatic carbocycles. The second-order valence-electron chi connectivity index (χ2n) is 4.17. The Kier molecular flexibility index (Phi) is 5.77. The lowest BCUT2D eigenvalue weighted by Gasteiger charge is -2.33. The zero-order chi connectivity index (χ0) is 12.8. The van der Waals surface area contributed by atoms with E-state index in [0.29, 0.717) is 26.1 Å². The van der Waals surface area contributed by atoms with Crippen molar-refractivity contribution in [3.63, 3.8) is 0 Å². The van der Waals surface area contributed by atoms with Crippen LogP contribution >= 0.6 is 11.8 Å². The average Bonchev–Trinajstić information content (AvgIpc) is 2.35. The van der Waals surface area contributed by atoms with Crippen LogP contribution in [0.15, 0.2) is 0 Å². The molecule has 0 N–H and O–H groups in total. The molecule has 1 heterocycles. The van der Waals surface area contributed by atoms with Crippen molar-refractivity contribution in [2.75, 3.05) is 45.8 Å². The number of hydrogen-bond acceptors (Lipinski definition) is 4. The Morgan fingerprint density at radius 1 is 1.47 bits per heavy atom. The molecular weight excluding hydrogens is 240 g/mol. The maximum absolute atomic E-state index is 11.8. The number of nitrogens with zero attached hydrogens (tertiary/aromatic N) is 2. The summed E-state index contributed by atoms with van der Waals surface area (Å²) in [6.45, 7) is 1.41. The summed E-state index contributed by atoms with van der Waals surface area (Å²) in [5.41, 5.74) is 0. The maximum atomic E-state index is 11.8. The van der Waals surface area contributed by atoms with E-state index in [2.05, 4.69) is 0 Å². The molecule has 0 saturated carbocycles. The number of thioether (sulfide) groups is 1. The molecule has 1 fully saturated rings. The third-order valence-corrected chi connectivity index (χ3v) is 3.27. The molecule has 1 atom stereocenters. The Labute approximate surface area is 106 Å². The van der Waals surface area contributed by atoms with Gasteiger partial charge in [0.25, 0.3) is 5.91 Å². The van der Waals surface area contributed by atoms with Gasteiger partial charge in [0.05, 0.1) is 13.2 Å². The number of morpholine rings is 1. The zero-order valence-electron chi connectivity index (χ0n) is 10.6. The molecule has 1 rings (SSSR count). The fourth-order valence-corrected chi connectivity index (χ4v) is 2.04. The summed E-state index contributed by atoms with van der Waals surface area (Å²) in [6.07, 6.45) is 2.01. The summed E-state index contributed by atoms with van der Waals surface area (Å²) in [6, 6.07) is 0. The Balaban J connectivity index is 2.48. The predicted octanol–water partition coefficient (Wildman–Crippen LogP) is 0.0551. The molecule has 98 valence electrons. The minimum Gasteiger partial charge on any atom is -0.365 e. The lowest BCUT2D eigenvalue weighted by Crippen LogP contribution is -2.51. The summed E-state index contributed by atoms with van der Waals surface area (Å²) >= 11 is 1.65. The van der Waals surface area contributed by atoms with Crippen molar-refractivity contribution < 1.29 is 14.3 Å². The highest BCUT2D eigenvalue weighted by atomic mass is 32.2. The van der Waals surface area contributed by atoms with E-state index in [1.807, 2.05) is 6.26 Å². The summed E-state index contributed by atoms with van der Waals surface area (Å²) in [5.74, 6) is 0.856. The van der Waals surface area contributed by atoms with Crippen LogP contribution in [0, 0.1) is 0 Å². The van der Waals surface area contributed by atoms with E-state index < -0.39 is 6.10 Å². The fourth-order valence-electron chi connectivity index (χ4n) is 1.66. The van der Waals surface area contributed by atoms with E-state index in [4.69, 9.17) is 4.74 Å². The van der Waals surface area contributed by atoms with E-state index in [1.165, 1.54) is 4.90 Å². The van der Waals surface area contributed by atoms with E-state index >= 15 is 0 Å². The highest BCUT2D eigenvalue weighted by Crippen LogP contribution is 2.09. The van der Waals surface area contributed by atoms with Gasteiger partial charge in [0, 0.05) is 32.8 Å². The van der Waals surface area contributed by atoms with Gasteiger partial charge in [-0.3, -0.25) is 9.59 Å². The molecule has 0 spiro atoms. The van der Waals surface area contributed by atoms with Gasteiger partial charge in [0.2, 0.25) is 5.91 Å². The number of likely N-dealkylation sites (N-methyl/N-ethyl adjacent to an activating group) is 1. The molecular formula is C11H20N2O3S. The molecule has 1 saturated heterocycles. The second-order valence-corrected chi connectivity index (χ2v) is 5.16. The van der Waals surface area contributed by atoms with Gasteiger partial charge >= 0.3 is 0 Å². The van der Waals surface area contributed by atoms with Crippen molar-refractivity contribution in [1.29, 1.82) is 0 Å². The van der Waals surface area contributed by atoms with Crippen molar-refractivity contribution in [2.45, 2.75) is 12.5 Å². The van der Waals surface area contributed by atoms with Crippen LogP contribution in [0.3, 0.4) is 0 Å². The molecule has 2 amide bonds. The molecule has 1 unspecified atom stereocenters. The molecule has 0 aromatic heterocycles. The molecule has 0 radical (unpaired) electrons. The fraction of sp³-hybridized carbons (Fsp3) is 0.818. The standard InChI is InChI=1S/C11H20N2O3S/c1-12(2)11(15)9-8-13(5-6-16-9)10(14)4-7-17-3/h9H,4-8H2,1-3H3. The minimum atomic E-state index is -0.503. The topological polar surface area (TPSA) is 49.9 Å². The van der Waals surface area contributed by atoms with E-state index in [9.17, 15) is 9.59 Å². The Bertz CT molecular complexity index is 284. The first-order chi connectivity index (χ1) is 8.06. The van der Waals surface area contributed by atoms with Gasteiger partial charge in [0.1, 0.15) is 0 Å². The Hall–Kier alpha value is -0.750. The quantitative estimate of drug-likeness (QED) is 0.717. The lowest BCUT2D eigenvalue weighted by molar-refractivity contribution is -0.152. The van der Waals surface area contributed by atoms with Gasteiger partial charge in [-0.25, -0.2) is 0 Å². The number of carbonyl (C=O) groups is 2. The Morgan fingerprint density at radius 2 is 2.18 bits per heavy atom. The normalized spacial score (nSPS) is 20.2. The first-order valence-electron chi connectivity index (χ1n) is 5.65. The summed E-state index contributed by atoms with van der Waals surface area (Å²) in [4.78, 5) is 26.8. The number of carbonyl (C=O) groups excluding carboxylic acids is 2. The maximum Gasteiger partial charge on any atom is 0.253 e. The van der Waals surface area contributed by atoms with Crippen LogP contribution in [-0.4, -0.2) is 73.5 Å². The minimum absolute atomic E-state index is 0.0765.